The van der Waals surface area contributed by atoms with E-state index in [0.717, 1.165) is 0 Å². The van der Waals surface area contributed by atoms with E-state index in [0.29, 0.717) is 10.6 Å². The van der Waals surface area contributed by atoms with Crippen LogP contribution < -0.4 is 56.5 Å². The van der Waals surface area contributed by atoms with E-state index in [2.05, 4.69) is 0 Å². The molecule has 1 aliphatic rings. The molecular weight excluding hydrogens is 337 g/mol. The van der Waals surface area contributed by atoms with E-state index in [-0.39, 0.29) is 70.9 Å². The summed E-state index contributed by atoms with van der Waals surface area (Å²) in [4.78, 5) is 24.0. The molecule has 0 saturated carbocycles. The van der Waals surface area contributed by atoms with Crippen molar-refractivity contribution in [3.8, 4) is 0 Å². The molecule has 114 valence electrons. The summed E-state index contributed by atoms with van der Waals surface area (Å²) >= 11 is 5.81. The topological polar surface area (TPSA) is 101 Å². The Kier molecular flexibility index (Phi) is 7.97. The van der Waals surface area contributed by atoms with Crippen LogP contribution >= 0.6 is 11.6 Å². The zero-order chi connectivity index (χ0) is 15.6. The number of carbonyl (C=O) groups is 2. The minimum absolute atomic E-state index is 0. The van der Waals surface area contributed by atoms with Gasteiger partial charge >= 0.3 is 51.4 Å². The number of aliphatic carboxylic acids is 1. The van der Waals surface area contributed by atoms with Crippen LogP contribution in [0.15, 0.2) is 24.3 Å². The summed E-state index contributed by atoms with van der Waals surface area (Å²) in [6.45, 7) is 0.0695. The summed E-state index contributed by atoms with van der Waals surface area (Å²) in [5.41, 5.74) is 0.352. The Morgan fingerprint density at radius 2 is 2.09 bits per heavy atom. The van der Waals surface area contributed by atoms with Crippen LogP contribution in [0.2, 0.25) is 5.02 Å². The number of carbonyl (C=O) groups excluding carboxylic acids is 2. The van der Waals surface area contributed by atoms with Crippen molar-refractivity contribution >= 4 is 23.5 Å². The summed E-state index contributed by atoms with van der Waals surface area (Å²) in [5, 5.41) is 30.8. The number of rotatable bonds is 4. The van der Waals surface area contributed by atoms with Gasteiger partial charge in [-0.05, 0) is 24.1 Å². The Labute approximate surface area is 175 Å². The van der Waals surface area contributed by atoms with Crippen molar-refractivity contribution in [2.24, 2.45) is 5.92 Å². The second-order valence-electron chi connectivity index (χ2n) is 5.10. The van der Waals surface area contributed by atoms with Gasteiger partial charge in [-0.3, -0.25) is 4.79 Å². The molecule has 6 nitrogen and oxygen atoms in total. The van der Waals surface area contributed by atoms with Gasteiger partial charge in [0.15, 0.2) is 6.10 Å². The third-order valence-electron chi connectivity index (χ3n) is 3.55. The van der Waals surface area contributed by atoms with E-state index >= 15 is 0 Å². The first-order valence-electron chi connectivity index (χ1n) is 6.48. The average molecular weight is 352 g/mol. The smallest absolute Gasteiger partial charge is 0.550 e. The number of β-amino-alcohol motifs (C(OH)–C–C–N with tert-alkyl or cyclic N) is 1. The molecule has 0 aromatic heterocycles. The van der Waals surface area contributed by atoms with Gasteiger partial charge in [0.05, 0.1) is 6.10 Å². The van der Waals surface area contributed by atoms with Crippen molar-refractivity contribution in [3.63, 3.8) is 0 Å². The summed E-state index contributed by atoms with van der Waals surface area (Å²) in [6.07, 6.45) is -2.64. The van der Waals surface area contributed by atoms with Crippen molar-refractivity contribution in [1.82, 2.24) is 4.90 Å². The van der Waals surface area contributed by atoms with Gasteiger partial charge in [0, 0.05) is 30.0 Å². The van der Waals surface area contributed by atoms with E-state index in [9.17, 15) is 24.9 Å². The van der Waals surface area contributed by atoms with Gasteiger partial charge in [-0.1, -0.05) is 23.7 Å². The molecule has 1 saturated heterocycles. The van der Waals surface area contributed by atoms with E-state index in [4.69, 9.17) is 11.6 Å². The monoisotopic (exact) mass is 351 g/mol. The molecule has 1 aromatic rings. The predicted molar refractivity (Wildman–Crippen MR) is 72.1 cm³/mol. The molecule has 2 rings (SSSR count). The van der Waals surface area contributed by atoms with Crippen LogP contribution in [0.25, 0.3) is 0 Å². The van der Waals surface area contributed by atoms with Crippen LogP contribution in [0.3, 0.4) is 0 Å². The number of aliphatic hydroxyl groups excluding tert-OH is 2. The summed E-state index contributed by atoms with van der Waals surface area (Å²) in [5.74, 6) is -2.44. The van der Waals surface area contributed by atoms with Crippen LogP contribution in [0.1, 0.15) is 18.1 Å². The summed E-state index contributed by atoms with van der Waals surface area (Å²) < 4.78 is 0. The van der Waals surface area contributed by atoms with E-state index in [1.165, 1.54) is 11.0 Å². The predicted octanol–water partition coefficient (Wildman–Crippen LogP) is -3.66. The van der Waals surface area contributed by atoms with Gasteiger partial charge in [-0.2, -0.15) is 0 Å². The molecule has 2 N–H and O–H groups in total. The third-order valence-corrected chi connectivity index (χ3v) is 3.78. The first kappa shape index (κ1) is 20.1. The summed E-state index contributed by atoms with van der Waals surface area (Å²) in [6, 6.07) is 6.29. The van der Waals surface area contributed by atoms with Crippen molar-refractivity contribution in [2.45, 2.75) is 18.6 Å². The number of amides is 1. The number of halogens is 1. The second kappa shape index (κ2) is 8.75. The number of benzene rings is 1. The standard InChI is InChI=1S/C14H16ClNO5.K/c15-10-3-1-2-8(4-10)13(20)14(21)16-6-9(5-12(18)19)11(17)7-16;/h1-4,9,11,13,17,20H,5-7H2,(H,18,19);/q;+1/p-1/t9-,11-,13?;/m1./s1. The van der Waals surface area contributed by atoms with Crippen molar-refractivity contribution in [3.05, 3.63) is 34.9 Å². The normalized spacial score (nSPS) is 22.0. The maximum absolute atomic E-state index is 12.2. The molecule has 1 unspecified atom stereocenters. The van der Waals surface area contributed by atoms with Gasteiger partial charge in [-0.15, -0.1) is 0 Å². The molecule has 22 heavy (non-hydrogen) atoms. The molecule has 0 aliphatic carbocycles. The molecule has 1 heterocycles. The second-order valence-corrected chi connectivity index (χ2v) is 5.54. The van der Waals surface area contributed by atoms with Gasteiger partial charge in [0.2, 0.25) is 0 Å². The van der Waals surface area contributed by atoms with Crippen LogP contribution in [-0.2, 0) is 9.59 Å². The van der Waals surface area contributed by atoms with Gasteiger partial charge in [0.25, 0.3) is 5.91 Å². The van der Waals surface area contributed by atoms with E-state index in [1.807, 2.05) is 0 Å². The SMILES string of the molecule is O=C([O-])C[C@@H]1CN(C(=O)C(O)c2cccc(Cl)c2)C[C@H]1O.[K+]. The van der Waals surface area contributed by atoms with Crippen LogP contribution in [-0.4, -0.2) is 46.2 Å². The van der Waals surface area contributed by atoms with Gasteiger partial charge in [0.1, 0.15) is 0 Å². The zero-order valence-electron chi connectivity index (χ0n) is 12.1. The summed E-state index contributed by atoms with van der Waals surface area (Å²) in [7, 11) is 0. The number of hydrogen-bond donors (Lipinski definition) is 2. The molecule has 0 bridgehead atoms. The molecule has 0 radical (unpaired) electrons. The quantitative estimate of drug-likeness (QED) is 0.545. The third kappa shape index (κ3) is 5.00. The minimum Gasteiger partial charge on any atom is -0.550 e. The first-order chi connectivity index (χ1) is 9.88. The number of likely N-dealkylation sites (tertiary alicyclic amines) is 1. The number of nitrogens with zero attached hydrogens (tertiary/aromatic N) is 1. The maximum atomic E-state index is 12.2. The van der Waals surface area contributed by atoms with Crippen molar-refractivity contribution in [1.29, 1.82) is 0 Å². The molecule has 1 fully saturated rings. The Balaban J connectivity index is 0.00000242. The molecule has 8 heteroatoms. The Morgan fingerprint density at radius 3 is 2.68 bits per heavy atom. The molecule has 0 spiro atoms. The fourth-order valence-corrected chi connectivity index (χ4v) is 2.64. The molecule has 1 amide bonds. The molecule has 1 aliphatic heterocycles. The molecule has 1 aromatic carbocycles. The number of hydrogen-bond acceptors (Lipinski definition) is 5. The van der Waals surface area contributed by atoms with Crippen LogP contribution in [0.4, 0.5) is 0 Å². The minimum atomic E-state index is -1.39. The molecular formula is C14H15ClKNO5. The van der Waals surface area contributed by atoms with Crippen LogP contribution in [0.5, 0.6) is 0 Å². The Hall–Kier alpha value is 0.00636. The van der Waals surface area contributed by atoms with Gasteiger partial charge in [-0.25, -0.2) is 0 Å². The van der Waals surface area contributed by atoms with Crippen LogP contribution in [0, 0.1) is 5.92 Å². The Morgan fingerprint density at radius 1 is 1.41 bits per heavy atom. The van der Waals surface area contributed by atoms with Crippen molar-refractivity contribution < 1.29 is 76.3 Å². The largest absolute Gasteiger partial charge is 1.00 e. The van der Waals surface area contributed by atoms with Gasteiger partial charge < -0.3 is 25.0 Å². The first-order valence-corrected chi connectivity index (χ1v) is 6.86. The van der Waals surface area contributed by atoms with E-state index < -0.39 is 30.0 Å². The fourth-order valence-electron chi connectivity index (χ4n) is 2.44. The average Bonchev–Trinajstić information content (AvgIpc) is 2.78. The molecule has 3 atom stereocenters. The maximum Gasteiger partial charge on any atom is 1.00 e. The Bertz CT molecular complexity index is 556. The number of carboxylic acid groups (broad SMARTS) is 1. The fraction of sp³-hybridized carbons (Fsp3) is 0.429. The zero-order valence-corrected chi connectivity index (χ0v) is 16.0. The van der Waals surface area contributed by atoms with E-state index in [1.54, 1.807) is 18.2 Å². The number of aliphatic hydroxyl groups is 2. The number of carboxylic acids is 1. The van der Waals surface area contributed by atoms with Crippen molar-refractivity contribution in [2.75, 3.05) is 13.1 Å².